The fraction of sp³-hybridized carbons (Fsp3) is 0.333. The molecular weight excluding hydrogens is 345 g/mol. The fourth-order valence-corrected chi connectivity index (χ4v) is 3.32. The van der Waals surface area contributed by atoms with Gasteiger partial charge in [-0.05, 0) is 43.2 Å². The predicted molar refractivity (Wildman–Crippen MR) is 102 cm³/mol. The van der Waals surface area contributed by atoms with Crippen LogP contribution < -0.4 is 10.2 Å². The summed E-state index contributed by atoms with van der Waals surface area (Å²) in [7, 11) is 0. The molecule has 142 valence electrons. The second-order valence-electron chi connectivity index (χ2n) is 6.99. The number of carbonyl (C=O) groups is 2. The molecule has 2 amide bonds. The van der Waals surface area contributed by atoms with E-state index in [2.05, 4.69) is 5.32 Å². The number of hydrogen-bond acceptors (Lipinski definition) is 2. The van der Waals surface area contributed by atoms with Gasteiger partial charge >= 0.3 is 0 Å². The molecule has 1 aliphatic heterocycles. The molecule has 0 spiro atoms. The van der Waals surface area contributed by atoms with Crippen molar-refractivity contribution in [3.63, 3.8) is 0 Å². The van der Waals surface area contributed by atoms with Gasteiger partial charge in [0.05, 0.1) is 31.7 Å². The summed E-state index contributed by atoms with van der Waals surface area (Å²) in [6.07, 6.45) is 0. The largest absolute Gasteiger partial charge is 0.327 e. The van der Waals surface area contributed by atoms with Crippen LogP contribution in [-0.2, 0) is 4.79 Å². The van der Waals surface area contributed by atoms with Crippen LogP contribution >= 0.6 is 0 Å². The topological polar surface area (TPSA) is 53.9 Å². The normalized spacial score (nSPS) is 14.9. The highest BCUT2D eigenvalue weighted by Crippen LogP contribution is 2.17. The average molecular weight is 370 g/mol. The van der Waals surface area contributed by atoms with Crippen molar-refractivity contribution in [3.8, 4) is 0 Å². The van der Waals surface area contributed by atoms with Gasteiger partial charge in [0.2, 0.25) is 0 Å². The Morgan fingerprint density at radius 2 is 1.78 bits per heavy atom. The first kappa shape index (κ1) is 19.0. The number of benzene rings is 2. The van der Waals surface area contributed by atoms with E-state index in [1.807, 2.05) is 32.0 Å². The molecule has 1 aliphatic rings. The van der Waals surface area contributed by atoms with E-state index in [0.29, 0.717) is 32.7 Å². The third kappa shape index (κ3) is 4.52. The zero-order chi connectivity index (χ0) is 19.4. The molecule has 0 bridgehead atoms. The highest BCUT2D eigenvalue weighted by atomic mass is 19.1. The Bertz CT molecular complexity index is 845. The second-order valence-corrected chi connectivity index (χ2v) is 6.99. The third-order valence-corrected chi connectivity index (χ3v) is 5.15. The number of rotatable bonds is 4. The number of anilines is 1. The summed E-state index contributed by atoms with van der Waals surface area (Å²) in [5.41, 5.74) is 3.16. The van der Waals surface area contributed by atoms with Crippen molar-refractivity contribution in [2.24, 2.45) is 0 Å². The van der Waals surface area contributed by atoms with Crippen LogP contribution in [0.4, 0.5) is 10.1 Å². The maximum absolute atomic E-state index is 13.8. The summed E-state index contributed by atoms with van der Waals surface area (Å²) in [4.78, 5) is 27.6. The van der Waals surface area contributed by atoms with Gasteiger partial charge in [0.25, 0.3) is 11.8 Å². The lowest BCUT2D eigenvalue weighted by molar-refractivity contribution is -0.895. The standard InChI is InChI=1S/C21H24FN3O2/c1-15-6-5-9-19(16(15)2)23-20(26)14-24-10-12-25(13-11-24)21(27)17-7-3-4-8-18(17)22/h3-9H,10-14H2,1-2H3,(H,23,26)/p+1. The Morgan fingerprint density at radius 3 is 2.48 bits per heavy atom. The summed E-state index contributed by atoms with van der Waals surface area (Å²) in [6, 6.07) is 11.9. The summed E-state index contributed by atoms with van der Waals surface area (Å²) in [5.74, 6) is -0.815. The highest BCUT2D eigenvalue weighted by Gasteiger charge is 2.27. The molecule has 2 aromatic rings. The van der Waals surface area contributed by atoms with Crippen molar-refractivity contribution in [2.75, 3.05) is 38.0 Å². The average Bonchev–Trinajstić information content (AvgIpc) is 2.66. The zero-order valence-corrected chi connectivity index (χ0v) is 15.7. The molecule has 1 saturated heterocycles. The van der Waals surface area contributed by atoms with Gasteiger partial charge in [0.15, 0.2) is 6.54 Å². The van der Waals surface area contributed by atoms with E-state index in [1.165, 1.54) is 12.1 Å². The molecule has 1 fully saturated rings. The van der Waals surface area contributed by atoms with Crippen LogP contribution in [-0.4, -0.2) is 49.4 Å². The van der Waals surface area contributed by atoms with Crippen molar-refractivity contribution in [1.29, 1.82) is 0 Å². The Morgan fingerprint density at radius 1 is 1.07 bits per heavy atom. The van der Waals surface area contributed by atoms with Crippen LogP contribution in [0, 0.1) is 19.7 Å². The number of piperazine rings is 1. The molecule has 0 aliphatic carbocycles. The van der Waals surface area contributed by atoms with Crippen molar-refractivity contribution in [2.45, 2.75) is 13.8 Å². The molecule has 5 nitrogen and oxygen atoms in total. The smallest absolute Gasteiger partial charge is 0.279 e. The third-order valence-electron chi connectivity index (χ3n) is 5.15. The van der Waals surface area contributed by atoms with E-state index >= 15 is 0 Å². The summed E-state index contributed by atoms with van der Waals surface area (Å²) < 4.78 is 13.8. The van der Waals surface area contributed by atoms with Gasteiger partial charge in [0, 0.05) is 5.69 Å². The number of carbonyl (C=O) groups excluding carboxylic acids is 2. The lowest BCUT2D eigenvalue weighted by Gasteiger charge is -2.32. The Kier molecular flexibility index (Phi) is 5.86. The molecule has 2 N–H and O–H groups in total. The maximum Gasteiger partial charge on any atom is 0.279 e. The van der Waals surface area contributed by atoms with Gasteiger partial charge < -0.3 is 15.1 Å². The van der Waals surface area contributed by atoms with Crippen LogP contribution in [0.2, 0.25) is 0 Å². The zero-order valence-electron chi connectivity index (χ0n) is 15.7. The molecule has 2 aromatic carbocycles. The summed E-state index contributed by atoms with van der Waals surface area (Å²) in [6.45, 7) is 6.72. The molecule has 1 heterocycles. The Labute approximate surface area is 158 Å². The number of hydrogen-bond donors (Lipinski definition) is 2. The van der Waals surface area contributed by atoms with Crippen LogP contribution in [0.15, 0.2) is 42.5 Å². The van der Waals surface area contributed by atoms with Gasteiger partial charge in [-0.3, -0.25) is 9.59 Å². The number of aryl methyl sites for hydroxylation is 1. The molecule has 0 radical (unpaired) electrons. The number of nitrogens with one attached hydrogen (secondary N) is 2. The molecule has 0 saturated carbocycles. The number of nitrogens with zero attached hydrogens (tertiary/aromatic N) is 1. The van der Waals surface area contributed by atoms with Crippen molar-refractivity contribution < 1.29 is 18.9 Å². The summed E-state index contributed by atoms with van der Waals surface area (Å²) in [5, 5.41) is 2.98. The minimum atomic E-state index is -0.495. The lowest BCUT2D eigenvalue weighted by atomic mass is 10.1. The van der Waals surface area contributed by atoms with Crippen LogP contribution in [0.3, 0.4) is 0 Å². The molecule has 0 atom stereocenters. The van der Waals surface area contributed by atoms with Crippen molar-refractivity contribution in [3.05, 3.63) is 65.0 Å². The predicted octanol–water partition coefficient (Wildman–Crippen LogP) is 1.42. The number of halogens is 1. The van der Waals surface area contributed by atoms with Gasteiger partial charge in [-0.25, -0.2) is 4.39 Å². The number of amides is 2. The van der Waals surface area contributed by atoms with Crippen LogP contribution in [0.25, 0.3) is 0 Å². The molecule has 3 rings (SSSR count). The van der Waals surface area contributed by atoms with Gasteiger partial charge in [-0.15, -0.1) is 0 Å². The second kappa shape index (κ2) is 8.31. The van der Waals surface area contributed by atoms with Gasteiger partial charge in [-0.2, -0.15) is 0 Å². The monoisotopic (exact) mass is 370 g/mol. The quantitative estimate of drug-likeness (QED) is 0.855. The van der Waals surface area contributed by atoms with E-state index < -0.39 is 5.82 Å². The Hall–Kier alpha value is -2.73. The van der Waals surface area contributed by atoms with E-state index in [9.17, 15) is 14.0 Å². The SMILES string of the molecule is Cc1cccc(NC(=O)C[NH+]2CCN(C(=O)c3ccccc3F)CC2)c1C. The molecule has 6 heteroatoms. The highest BCUT2D eigenvalue weighted by molar-refractivity contribution is 5.94. The van der Waals surface area contributed by atoms with Crippen molar-refractivity contribution >= 4 is 17.5 Å². The molecule has 0 aromatic heterocycles. The first-order valence-electron chi connectivity index (χ1n) is 9.19. The first-order chi connectivity index (χ1) is 13.0. The number of quaternary nitrogens is 1. The van der Waals surface area contributed by atoms with E-state index in [0.717, 1.165) is 21.7 Å². The van der Waals surface area contributed by atoms with Crippen molar-refractivity contribution in [1.82, 2.24) is 4.90 Å². The first-order valence-corrected chi connectivity index (χ1v) is 9.19. The van der Waals surface area contributed by atoms with Gasteiger partial charge in [-0.1, -0.05) is 24.3 Å². The fourth-order valence-electron chi connectivity index (χ4n) is 3.32. The molecular formula is C21H25FN3O2+. The van der Waals surface area contributed by atoms with E-state index in [-0.39, 0.29) is 17.4 Å². The summed E-state index contributed by atoms with van der Waals surface area (Å²) >= 11 is 0. The lowest BCUT2D eigenvalue weighted by Crippen LogP contribution is -3.15. The maximum atomic E-state index is 13.8. The van der Waals surface area contributed by atoms with Crippen LogP contribution in [0.1, 0.15) is 21.5 Å². The van der Waals surface area contributed by atoms with Gasteiger partial charge in [0.1, 0.15) is 5.82 Å². The molecule has 27 heavy (non-hydrogen) atoms. The van der Waals surface area contributed by atoms with E-state index in [1.54, 1.807) is 17.0 Å². The van der Waals surface area contributed by atoms with E-state index in [4.69, 9.17) is 0 Å². The molecule has 0 unspecified atom stereocenters. The minimum absolute atomic E-state index is 0.0346. The van der Waals surface area contributed by atoms with Crippen LogP contribution in [0.5, 0.6) is 0 Å². The minimum Gasteiger partial charge on any atom is -0.327 e. The Balaban J connectivity index is 1.52.